The van der Waals surface area contributed by atoms with Gasteiger partial charge in [0.25, 0.3) is 0 Å². The maximum Gasteiger partial charge on any atom is 0.213 e. The highest BCUT2D eigenvalue weighted by Gasteiger charge is 2.18. The van der Waals surface area contributed by atoms with Gasteiger partial charge >= 0.3 is 0 Å². The summed E-state index contributed by atoms with van der Waals surface area (Å²) in [5.41, 5.74) is 0. The van der Waals surface area contributed by atoms with Crippen molar-refractivity contribution in [2.24, 2.45) is 4.99 Å². The van der Waals surface area contributed by atoms with E-state index < -0.39 is 10.0 Å². The van der Waals surface area contributed by atoms with Crippen LogP contribution in [0.1, 0.15) is 44.9 Å². The van der Waals surface area contributed by atoms with Gasteiger partial charge in [-0.3, -0.25) is 4.99 Å². The van der Waals surface area contributed by atoms with E-state index in [1.165, 1.54) is 12.8 Å². The summed E-state index contributed by atoms with van der Waals surface area (Å²) < 4.78 is 32.2. The van der Waals surface area contributed by atoms with Gasteiger partial charge in [0.2, 0.25) is 10.0 Å². The molecule has 2 aliphatic rings. The third kappa shape index (κ3) is 7.05. The predicted octanol–water partition coefficient (Wildman–Crippen LogP) is 0.583. The first kappa shape index (κ1) is 18.5. The molecule has 2 rings (SSSR count). The summed E-state index contributed by atoms with van der Waals surface area (Å²) in [7, 11) is -1.58. The summed E-state index contributed by atoms with van der Waals surface area (Å²) in [5.74, 6) is 0.716. The van der Waals surface area contributed by atoms with Gasteiger partial charge in [-0.05, 0) is 32.1 Å². The molecule has 23 heavy (non-hydrogen) atoms. The Morgan fingerprint density at radius 1 is 1.17 bits per heavy atom. The number of aliphatic imine (C=N–C) groups is 1. The quantitative estimate of drug-likeness (QED) is 0.463. The highest BCUT2D eigenvalue weighted by molar-refractivity contribution is 7.89. The van der Waals surface area contributed by atoms with Crippen LogP contribution in [0.3, 0.4) is 0 Å². The van der Waals surface area contributed by atoms with Crippen LogP contribution in [0.25, 0.3) is 0 Å². The van der Waals surface area contributed by atoms with Gasteiger partial charge in [-0.25, -0.2) is 13.1 Å². The Morgan fingerprint density at radius 3 is 2.57 bits per heavy atom. The topological polar surface area (TPSA) is 91.8 Å². The molecule has 1 atom stereocenters. The van der Waals surface area contributed by atoms with Crippen LogP contribution in [0.4, 0.5) is 0 Å². The third-order valence-corrected chi connectivity index (χ3v) is 5.74. The van der Waals surface area contributed by atoms with Crippen molar-refractivity contribution in [3.05, 3.63) is 0 Å². The largest absolute Gasteiger partial charge is 0.377 e. The number of rotatable bonds is 7. The number of hydrogen-bond donors (Lipinski definition) is 3. The van der Waals surface area contributed by atoms with Crippen molar-refractivity contribution in [1.82, 2.24) is 15.4 Å². The van der Waals surface area contributed by atoms with Gasteiger partial charge in [-0.1, -0.05) is 12.8 Å². The molecular weight excluding hydrogens is 316 g/mol. The van der Waals surface area contributed by atoms with Gasteiger partial charge in [-0.15, -0.1) is 0 Å². The van der Waals surface area contributed by atoms with E-state index in [1.807, 2.05) is 0 Å². The van der Waals surface area contributed by atoms with Crippen molar-refractivity contribution in [3.8, 4) is 0 Å². The molecule has 1 aliphatic carbocycles. The van der Waals surface area contributed by atoms with Gasteiger partial charge in [0.15, 0.2) is 5.96 Å². The van der Waals surface area contributed by atoms with Crippen LogP contribution in [0.5, 0.6) is 0 Å². The summed E-state index contributed by atoms with van der Waals surface area (Å²) >= 11 is 0. The monoisotopic (exact) mass is 346 g/mol. The van der Waals surface area contributed by atoms with E-state index in [0.29, 0.717) is 25.1 Å². The summed E-state index contributed by atoms with van der Waals surface area (Å²) in [6.07, 6.45) is 7.93. The van der Waals surface area contributed by atoms with Crippen molar-refractivity contribution in [2.75, 3.05) is 32.5 Å². The molecule has 1 saturated carbocycles. The Hall–Kier alpha value is -0.860. The average Bonchev–Trinajstić information content (AvgIpc) is 3.06. The molecule has 1 saturated heterocycles. The Morgan fingerprint density at radius 2 is 1.91 bits per heavy atom. The summed E-state index contributed by atoms with van der Waals surface area (Å²) in [4.78, 5) is 4.15. The first-order valence-electron chi connectivity index (χ1n) is 8.65. The number of guanidine groups is 1. The molecule has 0 radical (unpaired) electrons. The number of ether oxygens (including phenoxy) is 1. The summed E-state index contributed by atoms with van der Waals surface area (Å²) in [5, 5.41) is 6.42. The minimum absolute atomic E-state index is 0.0169. The molecule has 7 nitrogen and oxygen atoms in total. The third-order valence-electron chi connectivity index (χ3n) is 4.39. The van der Waals surface area contributed by atoms with Gasteiger partial charge < -0.3 is 15.4 Å². The Balaban J connectivity index is 1.64. The molecule has 134 valence electrons. The van der Waals surface area contributed by atoms with E-state index in [4.69, 9.17) is 4.74 Å². The molecule has 1 heterocycles. The SMILES string of the molecule is CN=C(NCCS(=O)(=O)NCC1CCCCO1)NC1CCCC1. The van der Waals surface area contributed by atoms with Crippen molar-refractivity contribution in [1.29, 1.82) is 0 Å². The maximum atomic E-state index is 12.0. The zero-order valence-electron chi connectivity index (χ0n) is 14.0. The lowest BCUT2D eigenvalue weighted by atomic mass is 10.1. The second-order valence-electron chi connectivity index (χ2n) is 6.28. The van der Waals surface area contributed by atoms with Crippen LogP contribution in [-0.4, -0.2) is 59.0 Å². The van der Waals surface area contributed by atoms with Crippen molar-refractivity contribution < 1.29 is 13.2 Å². The minimum Gasteiger partial charge on any atom is -0.377 e. The van der Waals surface area contributed by atoms with Crippen LogP contribution in [0.15, 0.2) is 4.99 Å². The molecule has 0 amide bonds. The lowest BCUT2D eigenvalue weighted by Gasteiger charge is -2.22. The van der Waals surface area contributed by atoms with Crippen molar-refractivity contribution in [3.63, 3.8) is 0 Å². The summed E-state index contributed by atoms with van der Waals surface area (Å²) in [6, 6.07) is 0.458. The van der Waals surface area contributed by atoms with Gasteiger partial charge in [-0.2, -0.15) is 0 Å². The molecule has 1 unspecified atom stereocenters. The van der Waals surface area contributed by atoms with E-state index in [-0.39, 0.29) is 11.9 Å². The molecule has 0 aromatic carbocycles. The number of sulfonamides is 1. The second-order valence-corrected chi connectivity index (χ2v) is 8.21. The molecule has 2 fully saturated rings. The van der Waals surface area contributed by atoms with E-state index in [1.54, 1.807) is 7.05 Å². The lowest BCUT2D eigenvalue weighted by molar-refractivity contribution is 0.0200. The van der Waals surface area contributed by atoms with Gasteiger partial charge in [0, 0.05) is 32.8 Å². The second kappa shape index (κ2) is 9.44. The molecule has 0 bridgehead atoms. The maximum absolute atomic E-state index is 12.0. The van der Waals surface area contributed by atoms with Crippen molar-refractivity contribution >= 4 is 16.0 Å². The van der Waals surface area contributed by atoms with Gasteiger partial charge in [0.05, 0.1) is 11.9 Å². The van der Waals surface area contributed by atoms with Crippen LogP contribution in [0, 0.1) is 0 Å². The number of hydrogen-bond acceptors (Lipinski definition) is 4. The average molecular weight is 346 g/mol. The van der Waals surface area contributed by atoms with Gasteiger partial charge in [0.1, 0.15) is 0 Å². The first-order valence-corrected chi connectivity index (χ1v) is 10.3. The number of nitrogens with one attached hydrogen (secondary N) is 3. The number of nitrogens with zero attached hydrogens (tertiary/aromatic N) is 1. The highest BCUT2D eigenvalue weighted by Crippen LogP contribution is 2.17. The van der Waals surface area contributed by atoms with E-state index in [0.717, 1.165) is 38.7 Å². The first-order chi connectivity index (χ1) is 11.1. The summed E-state index contributed by atoms with van der Waals surface area (Å²) in [6.45, 7) is 1.45. The fourth-order valence-electron chi connectivity index (χ4n) is 3.02. The van der Waals surface area contributed by atoms with Crippen LogP contribution < -0.4 is 15.4 Å². The predicted molar refractivity (Wildman–Crippen MR) is 92.1 cm³/mol. The fourth-order valence-corrected chi connectivity index (χ4v) is 3.98. The van der Waals surface area contributed by atoms with E-state index in [2.05, 4.69) is 20.3 Å². The Labute approximate surface area is 139 Å². The lowest BCUT2D eigenvalue weighted by Crippen LogP contribution is -2.45. The van der Waals surface area contributed by atoms with Crippen molar-refractivity contribution in [2.45, 2.75) is 57.1 Å². The fraction of sp³-hybridized carbons (Fsp3) is 0.933. The molecule has 1 aliphatic heterocycles. The molecule has 3 N–H and O–H groups in total. The molecule has 0 spiro atoms. The zero-order valence-corrected chi connectivity index (χ0v) is 14.8. The van der Waals surface area contributed by atoms with Crippen LogP contribution >= 0.6 is 0 Å². The van der Waals surface area contributed by atoms with Crippen LogP contribution in [-0.2, 0) is 14.8 Å². The normalized spacial score (nSPS) is 23.9. The highest BCUT2D eigenvalue weighted by atomic mass is 32.2. The molecule has 0 aromatic heterocycles. The Kier molecular flexibility index (Phi) is 7.58. The molecule has 0 aromatic rings. The van der Waals surface area contributed by atoms with Crippen LogP contribution in [0.2, 0.25) is 0 Å². The van der Waals surface area contributed by atoms with E-state index >= 15 is 0 Å². The smallest absolute Gasteiger partial charge is 0.213 e. The molecular formula is C15H30N4O3S. The van der Waals surface area contributed by atoms with E-state index in [9.17, 15) is 8.42 Å². The molecule has 8 heteroatoms. The zero-order chi connectivity index (χ0) is 16.5. The Bertz CT molecular complexity index is 469. The standard InChI is InChI=1S/C15H30N4O3S/c1-16-15(19-13-6-2-3-7-13)17-9-11-23(20,21)18-12-14-8-4-5-10-22-14/h13-14,18H,2-12H2,1H3,(H2,16,17,19). The minimum atomic E-state index is -3.29.